The summed E-state index contributed by atoms with van der Waals surface area (Å²) in [5, 5.41) is 4.61. The summed E-state index contributed by atoms with van der Waals surface area (Å²) in [6.07, 6.45) is 2.74. The number of anilines is 1. The Labute approximate surface area is 116 Å². The van der Waals surface area contributed by atoms with Crippen LogP contribution in [-0.2, 0) is 4.79 Å². The Balaban J connectivity index is 1.78. The molecule has 96 valence electrons. The average molecular weight is 285 g/mol. The van der Waals surface area contributed by atoms with E-state index in [4.69, 9.17) is 23.2 Å². The number of amides is 1. The van der Waals surface area contributed by atoms with Crippen molar-refractivity contribution < 1.29 is 4.79 Å². The highest BCUT2D eigenvalue weighted by atomic mass is 35.5. The third-order valence-corrected chi connectivity index (χ3v) is 4.30. The van der Waals surface area contributed by atoms with Crippen LogP contribution in [0.25, 0.3) is 0 Å². The SMILES string of the molecule is O=C1CC(Nc2ccc(Cl)cc2Cl)C2CCCN12. The van der Waals surface area contributed by atoms with Gasteiger partial charge in [0.1, 0.15) is 0 Å². The Morgan fingerprint density at radius 3 is 2.94 bits per heavy atom. The van der Waals surface area contributed by atoms with Crippen molar-refractivity contribution in [2.75, 3.05) is 11.9 Å². The van der Waals surface area contributed by atoms with Crippen LogP contribution in [0.4, 0.5) is 5.69 Å². The Morgan fingerprint density at radius 1 is 1.33 bits per heavy atom. The van der Waals surface area contributed by atoms with Crippen molar-refractivity contribution in [3.8, 4) is 0 Å². The zero-order chi connectivity index (χ0) is 12.7. The lowest BCUT2D eigenvalue weighted by Crippen LogP contribution is -2.34. The summed E-state index contributed by atoms with van der Waals surface area (Å²) in [4.78, 5) is 13.8. The number of carbonyl (C=O) groups excluding carboxylic acids is 1. The maximum atomic E-state index is 11.8. The third kappa shape index (κ3) is 2.06. The molecule has 0 aromatic heterocycles. The van der Waals surface area contributed by atoms with Gasteiger partial charge in [0.15, 0.2) is 0 Å². The van der Waals surface area contributed by atoms with Crippen LogP contribution in [0.3, 0.4) is 0 Å². The van der Waals surface area contributed by atoms with Crippen LogP contribution in [0.5, 0.6) is 0 Å². The Bertz CT molecular complexity index is 492. The number of halogens is 2. The van der Waals surface area contributed by atoms with E-state index in [1.165, 1.54) is 0 Å². The van der Waals surface area contributed by atoms with Crippen LogP contribution in [0, 0.1) is 0 Å². The lowest BCUT2D eigenvalue weighted by atomic mass is 10.1. The van der Waals surface area contributed by atoms with E-state index in [-0.39, 0.29) is 11.9 Å². The van der Waals surface area contributed by atoms with Gasteiger partial charge in [-0.15, -0.1) is 0 Å². The van der Waals surface area contributed by atoms with Gasteiger partial charge >= 0.3 is 0 Å². The second kappa shape index (κ2) is 4.63. The average Bonchev–Trinajstić information content (AvgIpc) is 2.89. The van der Waals surface area contributed by atoms with Crippen molar-refractivity contribution in [3.63, 3.8) is 0 Å². The first-order valence-corrected chi connectivity index (χ1v) is 6.92. The van der Waals surface area contributed by atoms with Gasteiger partial charge in [0.2, 0.25) is 5.91 Å². The Morgan fingerprint density at radius 2 is 2.17 bits per heavy atom. The summed E-state index contributed by atoms with van der Waals surface area (Å²) < 4.78 is 0. The van der Waals surface area contributed by atoms with Gasteiger partial charge in [0.05, 0.1) is 22.8 Å². The van der Waals surface area contributed by atoms with E-state index in [2.05, 4.69) is 5.32 Å². The van der Waals surface area contributed by atoms with E-state index < -0.39 is 0 Å². The third-order valence-electron chi connectivity index (χ3n) is 3.75. The molecule has 2 heterocycles. The molecule has 2 saturated heterocycles. The maximum absolute atomic E-state index is 11.8. The molecular formula is C13H14Cl2N2O. The van der Waals surface area contributed by atoms with Crippen molar-refractivity contribution in [1.29, 1.82) is 0 Å². The van der Waals surface area contributed by atoms with Crippen LogP contribution in [-0.4, -0.2) is 29.4 Å². The van der Waals surface area contributed by atoms with E-state index in [1.807, 2.05) is 11.0 Å². The topological polar surface area (TPSA) is 32.3 Å². The van der Waals surface area contributed by atoms with Crippen LogP contribution < -0.4 is 5.32 Å². The highest BCUT2D eigenvalue weighted by Crippen LogP contribution is 2.33. The van der Waals surface area contributed by atoms with Gasteiger partial charge in [-0.2, -0.15) is 0 Å². The second-order valence-electron chi connectivity index (χ2n) is 4.88. The monoisotopic (exact) mass is 284 g/mol. The molecule has 1 amide bonds. The minimum absolute atomic E-state index is 0.165. The first-order valence-electron chi connectivity index (χ1n) is 6.16. The normalized spacial score (nSPS) is 26.6. The molecule has 2 aliphatic rings. The summed E-state index contributed by atoms with van der Waals surface area (Å²) in [5.74, 6) is 0.250. The fourth-order valence-electron chi connectivity index (χ4n) is 2.92. The summed E-state index contributed by atoms with van der Waals surface area (Å²) >= 11 is 12.0. The Kier molecular flexibility index (Phi) is 3.12. The van der Waals surface area contributed by atoms with Crippen molar-refractivity contribution in [2.45, 2.75) is 31.3 Å². The quantitative estimate of drug-likeness (QED) is 0.905. The van der Waals surface area contributed by atoms with E-state index in [1.54, 1.807) is 12.1 Å². The minimum atomic E-state index is 0.165. The van der Waals surface area contributed by atoms with Gasteiger partial charge in [-0.1, -0.05) is 23.2 Å². The van der Waals surface area contributed by atoms with Crippen molar-refractivity contribution in [2.24, 2.45) is 0 Å². The molecule has 2 fully saturated rings. The van der Waals surface area contributed by atoms with E-state index >= 15 is 0 Å². The molecule has 0 radical (unpaired) electrons. The van der Waals surface area contributed by atoms with Crippen LogP contribution in [0.15, 0.2) is 18.2 Å². The van der Waals surface area contributed by atoms with Gasteiger partial charge < -0.3 is 10.2 Å². The number of rotatable bonds is 2. The predicted octanol–water partition coefficient (Wildman–Crippen LogP) is 3.17. The van der Waals surface area contributed by atoms with Gasteiger partial charge in [0.25, 0.3) is 0 Å². The summed E-state index contributed by atoms with van der Waals surface area (Å²) in [7, 11) is 0. The number of carbonyl (C=O) groups is 1. The number of fused-ring (bicyclic) bond motifs is 1. The molecular weight excluding hydrogens is 271 g/mol. The van der Waals surface area contributed by atoms with Gasteiger partial charge in [0, 0.05) is 18.0 Å². The van der Waals surface area contributed by atoms with Crippen molar-refractivity contribution >= 4 is 34.8 Å². The molecule has 0 saturated carbocycles. The fraction of sp³-hybridized carbons (Fsp3) is 0.462. The molecule has 2 aliphatic heterocycles. The number of benzene rings is 1. The number of nitrogens with zero attached hydrogens (tertiary/aromatic N) is 1. The molecule has 1 N–H and O–H groups in total. The predicted molar refractivity (Wildman–Crippen MR) is 73.2 cm³/mol. The van der Waals surface area contributed by atoms with Crippen molar-refractivity contribution in [1.82, 2.24) is 4.90 Å². The largest absolute Gasteiger partial charge is 0.379 e. The minimum Gasteiger partial charge on any atom is -0.379 e. The summed E-state index contributed by atoms with van der Waals surface area (Å²) in [6.45, 7) is 0.899. The number of nitrogens with one attached hydrogen (secondary N) is 1. The molecule has 18 heavy (non-hydrogen) atoms. The van der Waals surface area contributed by atoms with Gasteiger partial charge in [-0.25, -0.2) is 0 Å². The van der Waals surface area contributed by atoms with Crippen molar-refractivity contribution in [3.05, 3.63) is 28.2 Å². The molecule has 0 aliphatic carbocycles. The number of hydrogen-bond acceptors (Lipinski definition) is 2. The molecule has 3 nitrogen and oxygen atoms in total. The first-order chi connectivity index (χ1) is 8.65. The maximum Gasteiger partial charge on any atom is 0.225 e. The zero-order valence-corrected chi connectivity index (χ0v) is 11.3. The van der Waals surface area contributed by atoms with E-state index in [0.717, 1.165) is 25.1 Å². The molecule has 3 rings (SSSR count). The second-order valence-corrected chi connectivity index (χ2v) is 5.72. The highest BCUT2D eigenvalue weighted by Gasteiger charge is 2.42. The first kappa shape index (κ1) is 12.1. The van der Waals surface area contributed by atoms with Crippen LogP contribution >= 0.6 is 23.2 Å². The molecule has 0 spiro atoms. The number of hydrogen-bond donors (Lipinski definition) is 1. The van der Waals surface area contributed by atoms with Gasteiger partial charge in [-0.05, 0) is 31.0 Å². The Hall–Kier alpha value is -0.930. The van der Waals surface area contributed by atoms with E-state index in [0.29, 0.717) is 22.5 Å². The van der Waals surface area contributed by atoms with E-state index in [9.17, 15) is 4.79 Å². The van der Waals surface area contributed by atoms with Gasteiger partial charge in [-0.3, -0.25) is 4.79 Å². The summed E-state index contributed by atoms with van der Waals surface area (Å²) in [5.41, 5.74) is 0.854. The molecule has 0 bridgehead atoms. The smallest absolute Gasteiger partial charge is 0.225 e. The fourth-order valence-corrected chi connectivity index (χ4v) is 3.38. The summed E-state index contributed by atoms with van der Waals surface area (Å²) in [6, 6.07) is 5.88. The van der Waals surface area contributed by atoms with Crippen LogP contribution in [0.2, 0.25) is 10.0 Å². The van der Waals surface area contributed by atoms with Crippen LogP contribution in [0.1, 0.15) is 19.3 Å². The zero-order valence-electron chi connectivity index (χ0n) is 9.83. The lowest BCUT2D eigenvalue weighted by Gasteiger charge is -2.22. The molecule has 1 aromatic carbocycles. The standard InChI is InChI=1S/C13H14Cl2N2O/c14-8-3-4-10(9(15)6-8)16-11-7-13(18)17-5-1-2-12(11)17/h3-4,6,11-12,16H,1-2,5,7H2. The molecule has 5 heteroatoms. The molecule has 2 atom stereocenters. The highest BCUT2D eigenvalue weighted by molar-refractivity contribution is 6.36. The lowest BCUT2D eigenvalue weighted by molar-refractivity contribution is -0.127. The molecule has 2 unspecified atom stereocenters. The molecule has 1 aromatic rings.